The summed E-state index contributed by atoms with van der Waals surface area (Å²) < 4.78 is 72.3. The molecule has 6 nitrogen and oxygen atoms in total. The van der Waals surface area contributed by atoms with E-state index in [0.29, 0.717) is 24.8 Å². The molecule has 1 heterocycles. The number of benzene rings is 1. The molecule has 0 saturated heterocycles. The van der Waals surface area contributed by atoms with Gasteiger partial charge in [-0.2, -0.15) is 22.9 Å². The van der Waals surface area contributed by atoms with Crippen molar-refractivity contribution in [1.29, 1.82) is 0 Å². The van der Waals surface area contributed by atoms with Gasteiger partial charge in [0.25, 0.3) is 0 Å². The van der Waals surface area contributed by atoms with Crippen LogP contribution in [0.3, 0.4) is 0 Å². The Labute approximate surface area is 155 Å². The summed E-state index contributed by atoms with van der Waals surface area (Å²) in [4.78, 5) is 3.75. The summed E-state index contributed by atoms with van der Waals surface area (Å²) in [5.41, 5.74) is -2.11. The van der Waals surface area contributed by atoms with Crippen molar-refractivity contribution in [3.63, 3.8) is 0 Å². The fourth-order valence-electron chi connectivity index (χ4n) is 3.35. The van der Waals surface area contributed by atoms with E-state index in [0.717, 1.165) is 43.9 Å². The average molecular weight is 403 g/mol. The van der Waals surface area contributed by atoms with Gasteiger partial charge >= 0.3 is 6.18 Å². The van der Waals surface area contributed by atoms with E-state index in [1.807, 2.05) is 0 Å². The minimum absolute atomic E-state index is 0.220. The van der Waals surface area contributed by atoms with E-state index < -0.39 is 32.2 Å². The zero-order valence-corrected chi connectivity index (χ0v) is 15.5. The van der Waals surface area contributed by atoms with Crippen LogP contribution in [0.25, 0.3) is 0 Å². The van der Waals surface area contributed by atoms with Crippen molar-refractivity contribution in [3.8, 4) is 0 Å². The van der Waals surface area contributed by atoms with Gasteiger partial charge < -0.3 is 4.52 Å². The summed E-state index contributed by atoms with van der Waals surface area (Å²) in [6.45, 7) is 1.60. The summed E-state index contributed by atoms with van der Waals surface area (Å²) in [7, 11) is -4.23. The molecule has 0 amide bonds. The van der Waals surface area contributed by atoms with Crippen molar-refractivity contribution in [2.75, 3.05) is 0 Å². The molecule has 0 atom stereocenters. The summed E-state index contributed by atoms with van der Waals surface area (Å²) in [6.07, 6.45) is -0.365. The van der Waals surface area contributed by atoms with Crippen LogP contribution in [0.4, 0.5) is 13.2 Å². The SMILES string of the molecule is Cc1nc(C2(NS(=O)(=O)c3cccc(C(F)(F)F)c3)CCCCCC2)no1. The Hall–Kier alpha value is -1.94. The number of aryl methyl sites for hydroxylation is 1. The molecular weight excluding hydrogens is 383 g/mol. The Morgan fingerprint density at radius 3 is 2.37 bits per heavy atom. The number of halogens is 3. The first-order valence-electron chi connectivity index (χ1n) is 8.64. The van der Waals surface area contributed by atoms with Crippen LogP contribution in [-0.2, 0) is 21.7 Å². The Morgan fingerprint density at radius 2 is 1.81 bits per heavy atom. The van der Waals surface area contributed by atoms with Crippen LogP contribution in [0.2, 0.25) is 0 Å². The molecule has 1 N–H and O–H groups in total. The molecule has 1 aromatic carbocycles. The van der Waals surface area contributed by atoms with Gasteiger partial charge in [-0.05, 0) is 31.0 Å². The van der Waals surface area contributed by atoms with Crippen molar-refractivity contribution in [2.45, 2.75) is 62.1 Å². The molecule has 0 aliphatic heterocycles. The third-order valence-electron chi connectivity index (χ3n) is 4.71. The maximum absolute atomic E-state index is 13.0. The van der Waals surface area contributed by atoms with E-state index in [2.05, 4.69) is 14.9 Å². The minimum atomic E-state index is -4.63. The highest BCUT2D eigenvalue weighted by Gasteiger charge is 2.41. The smallest absolute Gasteiger partial charge is 0.340 e. The van der Waals surface area contributed by atoms with E-state index in [1.54, 1.807) is 6.92 Å². The summed E-state index contributed by atoms with van der Waals surface area (Å²) in [5.74, 6) is 0.518. The highest BCUT2D eigenvalue weighted by molar-refractivity contribution is 7.89. The molecule has 0 bridgehead atoms. The van der Waals surface area contributed by atoms with Gasteiger partial charge in [0.2, 0.25) is 15.9 Å². The predicted octanol–water partition coefficient (Wildman–Crippen LogP) is 3.92. The van der Waals surface area contributed by atoms with E-state index in [1.165, 1.54) is 0 Å². The number of sulfonamides is 1. The quantitative estimate of drug-likeness (QED) is 0.782. The van der Waals surface area contributed by atoms with Crippen molar-refractivity contribution < 1.29 is 26.1 Å². The van der Waals surface area contributed by atoms with Gasteiger partial charge in [-0.3, -0.25) is 0 Å². The molecule has 1 aromatic heterocycles. The molecule has 0 spiro atoms. The topological polar surface area (TPSA) is 85.1 Å². The molecule has 2 aromatic rings. The monoisotopic (exact) mass is 403 g/mol. The van der Waals surface area contributed by atoms with Crippen molar-refractivity contribution in [1.82, 2.24) is 14.9 Å². The number of hydrogen-bond acceptors (Lipinski definition) is 5. The molecule has 27 heavy (non-hydrogen) atoms. The Morgan fingerprint density at radius 1 is 1.15 bits per heavy atom. The highest BCUT2D eigenvalue weighted by atomic mass is 32.2. The maximum atomic E-state index is 13.0. The van der Waals surface area contributed by atoms with E-state index in [4.69, 9.17) is 4.52 Å². The standard InChI is InChI=1S/C17H20F3N3O3S/c1-12-21-15(22-26-12)16(9-4-2-3-5-10-16)23-27(24,25)14-8-6-7-13(11-14)17(18,19)20/h6-8,11,23H,2-5,9-10H2,1H3. The van der Waals surface area contributed by atoms with Crippen LogP contribution >= 0.6 is 0 Å². The van der Waals surface area contributed by atoms with Gasteiger partial charge in [0.15, 0.2) is 5.82 Å². The van der Waals surface area contributed by atoms with E-state index in [-0.39, 0.29) is 5.82 Å². The summed E-state index contributed by atoms with van der Waals surface area (Å²) in [6, 6.07) is 3.69. The van der Waals surface area contributed by atoms with Gasteiger partial charge in [-0.25, -0.2) is 8.42 Å². The van der Waals surface area contributed by atoms with E-state index >= 15 is 0 Å². The van der Waals surface area contributed by atoms with Crippen molar-refractivity contribution in [3.05, 3.63) is 41.5 Å². The molecular formula is C17H20F3N3O3S. The number of alkyl halides is 3. The molecule has 1 aliphatic carbocycles. The number of nitrogens with zero attached hydrogens (tertiary/aromatic N) is 2. The van der Waals surface area contributed by atoms with Crippen molar-refractivity contribution in [2.24, 2.45) is 0 Å². The fraction of sp³-hybridized carbons (Fsp3) is 0.529. The zero-order valence-electron chi connectivity index (χ0n) is 14.7. The lowest BCUT2D eigenvalue weighted by molar-refractivity contribution is -0.137. The second-order valence-electron chi connectivity index (χ2n) is 6.76. The highest BCUT2D eigenvalue weighted by Crippen LogP contribution is 2.37. The zero-order chi connectivity index (χ0) is 19.7. The molecule has 1 fully saturated rings. The summed E-state index contributed by atoms with van der Waals surface area (Å²) in [5, 5.41) is 3.89. The second-order valence-corrected chi connectivity index (χ2v) is 8.45. The predicted molar refractivity (Wildman–Crippen MR) is 90.2 cm³/mol. The molecule has 10 heteroatoms. The molecule has 3 rings (SSSR count). The van der Waals surface area contributed by atoms with Gasteiger partial charge in [0.05, 0.1) is 16.0 Å². The first-order valence-corrected chi connectivity index (χ1v) is 10.1. The lowest BCUT2D eigenvalue weighted by Gasteiger charge is -2.30. The van der Waals surface area contributed by atoms with Crippen LogP contribution in [0.1, 0.15) is 55.8 Å². The largest absolute Gasteiger partial charge is 0.416 e. The number of nitrogens with one attached hydrogen (secondary N) is 1. The first kappa shape index (κ1) is 19.8. The molecule has 148 valence electrons. The first-order chi connectivity index (χ1) is 12.6. The van der Waals surface area contributed by atoms with Gasteiger partial charge in [0, 0.05) is 6.92 Å². The van der Waals surface area contributed by atoms with Crippen molar-refractivity contribution >= 4 is 10.0 Å². The normalized spacial score (nSPS) is 18.2. The second kappa shape index (κ2) is 7.23. The number of rotatable bonds is 4. The Kier molecular flexibility index (Phi) is 5.31. The molecule has 0 unspecified atom stereocenters. The van der Waals surface area contributed by atoms with Gasteiger partial charge in [-0.1, -0.05) is 36.9 Å². The van der Waals surface area contributed by atoms with Crippen LogP contribution in [0.5, 0.6) is 0 Å². The minimum Gasteiger partial charge on any atom is -0.340 e. The van der Waals surface area contributed by atoms with Crippen LogP contribution in [-0.4, -0.2) is 18.6 Å². The number of hydrogen-bond donors (Lipinski definition) is 1. The lowest BCUT2D eigenvalue weighted by atomic mass is 9.91. The summed E-state index contributed by atoms with van der Waals surface area (Å²) >= 11 is 0. The van der Waals surface area contributed by atoms with Gasteiger partial charge in [-0.15, -0.1) is 0 Å². The van der Waals surface area contributed by atoms with Crippen LogP contribution < -0.4 is 4.72 Å². The fourth-order valence-corrected chi connectivity index (χ4v) is 4.82. The third-order valence-corrected chi connectivity index (χ3v) is 6.25. The Bertz CT molecular complexity index is 901. The average Bonchev–Trinajstić information content (AvgIpc) is 2.90. The van der Waals surface area contributed by atoms with Gasteiger partial charge in [0.1, 0.15) is 0 Å². The third kappa shape index (κ3) is 4.32. The molecule has 1 aliphatic rings. The van der Waals surface area contributed by atoms with Crippen LogP contribution in [0.15, 0.2) is 33.7 Å². The van der Waals surface area contributed by atoms with Crippen LogP contribution in [0, 0.1) is 6.92 Å². The molecule has 1 saturated carbocycles. The van der Waals surface area contributed by atoms with E-state index in [9.17, 15) is 21.6 Å². The molecule has 0 radical (unpaired) electrons. The number of aromatic nitrogens is 2. The lowest BCUT2D eigenvalue weighted by Crippen LogP contribution is -2.46. The Balaban J connectivity index is 2.00. The maximum Gasteiger partial charge on any atom is 0.416 e.